The molecule has 0 unspecified atom stereocenters. The molecule has 0 amide bonds. The molecule has 0 aromatic heterocycles. The van der Waals surface area contributed by atoms with Crippen LogP contribution in [0.2, 0.25) is 5.04 Å². The first kappa shape index (κ1) is 17.7. The van der Waals surface area contributed by atoms with E-state index in [0.29, 0.717) is 11.0 Å². The van der Waals surface area contributed by atoms with Gasteiger partial charge < -0.3 is 9.53 Å². The summed E-state index contributed by atoms with van der Waals surface area (Å²) in [4.78, 5) is 0. The van der Waals surface area contributed by atoms with Crippen LogP contribution in [0.5, 0.6) is 0 Å². The van der Waals surface area contributed by atoms with E-state index in [4.69, 9.17) is 4.43 Å². The molecule has 0 heterocycles. The number of hydrogen-bond acceptors (Lipinski definition) is 2. The van der Waals surface area contributed by atoms with Gasteiger partial charge in [0.25, 0.3) is 0 Å². The molecule has 0 aliphatic heterocycles. The van der Waals surface area contributed by atoms with Crippen LogP contribution in [-0.2, 0) is 10.0 Å². The lowest BCUT2D eigenvalue weighted by Crippen LogP contribution is -2.27. The van der Waals surface area contributed by atoms with Gasteiger partial charge in [-0.3, -0.25) is 0 Å². The summed E-state index contributed by atoms with van der Waals surface area (Å²) in [5.41, 5.74) is 2.49. The fraction of sp³-hybridized carbons (Fsp3) is 0.684. The van der Waals surface area contributed by atoms with Crippen LogP contribution < -0.4 is 0 Å². The van der Waals surface area contributed by atoms with Gasteiger partial charge in [-0.15, -0.1) is 0 Å². The fourth-order valence-corrected chi connectivity index (χ4v) is 4.01. The molecule has 0 atom stereocenters. The van der Waals surface area contributed by atoms with Crippen molar-refractivity contribution in [3.63, 3.8) is 0 Å². The normalized spacial score (nSPS) is 24.1. The minimum absolute atomic E-state index is 0.0785. The van der Waals surface area contributed by atoms with Crippen LogP contribution in [0.25, 0.3) is 0 Å². The van der Waals surface area contributed by atoms with Crippen molar-refractivity contribution in [2.75, 3.05) is 0 Å². The molecular weight excluding hydrogens is 288 g/mol. The molecule has 22 heavy (non-hydrogen) atoms. The van der Waals surface area contributed by atoms with E-state index in [9.17, 15) is 5.11 Å². The molecule has 1 aromatic carbocycles. The second-order valence-corrected chi connectivity index (χ2v) is 11.2. The Bertz CT molecular complexity index is 465. The summed E-state index contributed by atoms with van der Waals surface area (Å²) in [5, 5.41) is 9.96. The molecule has 0 spiro atoms. The lowest BCUT2D eigenvalue weighted by molar-refractivity contribution is 0.109. The molecule has 1 fully saturated rings. The summed E-state index contributed by atoms with van der Waals surface area (Å²) in [6, 6.07) is 9.00. The standard InChI is InChI=1S/C19H32O2Si/c1-18(2,3)22-21-19(4,5)16-10-6-14(7-11-16)15-8-12-17(20)13-9-15/h6-7,10-11,15,17,20H,8-9,12-13,22H2,1-5H3/t15-,17+. The highest BCUT2D eigenvalue weighted by Gasteiger charge is 2.25. The van der Waals surface area contributed by atoms with Crippen molar-refractivity contribution in [2.24, 2.45) is 0 Å². The van der Waals surface area contributed by atoms with Crippen molar-refractivity contribution in [3.05, 3.63) is 35.4 Å². The van der Waals surface area contributed by atoms with Gasteiger partial charge in [-0.05, 0) is 61.6 Å². The molecule has 3 heteroatoms. The maximum Gasteiger partial charge on any atom is 0.168 e. The topological polar surface area (TPSA) is 29.5 Å². The first-order chi connectivity index (χ1) is 10.2. The van der Waals surface area contributed by atoms with Gasteiger partial charge in [0.1, 0.15) is 0 Å². The fourth-order valence-electron chi connectivity index (χ4n) is 3.05. The van der Waals surface area contributed by atoms with Crippen molar-refractivity contribution in [1.82, 2.24) is 0 Å². The molecule has 1 saturated carbocycles. The smallest absolute Gasteiger partial charge is 0.168 e. The van der Waals surface area contributed by atoms with E-state index in [-0.39, 0.29) is 11.7 Å². The molecule has 0 saturated heterocycles. The molecule has 124 valence electrons. The summed E-state index contributed by atoms with van der Waals surface area (Å²) in [5.74, 6) is 0.616. The summed E-state index contributed by atoms with van der Waals surface area (Å²) in [6.07, 6.45) is 4.02. The number of aliphatic hydroxyl groups is 1. The second kappa shape index (κ2) is 6.86. The zero-order valence-electron chi connectivity index (χ0n) is 14.9. The van der Waals surface area contributed by atoms with Crippen molar-refractivity contribution in [2.45, 2.75) is 83.0 Å². The highest BCUT2D eigenvalue weighted by Crippen LogP contribution is 2.35. The summed E-state index contributed by atoms with van der Waals surface area (Å²) >= 11 is 0. The number of benzene rings is 1. The zero-order valence-corrected chi connectivity index (χ0v) is 16.3. The lowest BCUT2D eigenvalue weighted by Gasteiger charge is -2.31. The van der Waals surface area contributed by atoms with Crippen LogP contribution >= 0.6 is 0 Å². The number of rotatable bonds is 4. The molecule has 1 aliphatic rings. The molecule has 1 N–H and O–H groups in total. The third-order valence-corrected chi connectivity index (χ3v) is 6.37. The van der Waals surface area contributed by atoms with Gasteiger partial charge in [-0.25, -0.2) is 0 Å². The molecule has 1 aromatic rings. The van der Waals surface area contributed by atoms with E-state index in [2.05, 4.69) is 58.9 Å². The Morgan fingerprint density at radius 3 is 2.00 bits per heavy atom. The Morgan fingerprint density at radius 1 is 0.955 bits per heavy atom. The Kier molecular flexibility index (Phi) is 5.52. The Morgan fingerprint density at radius 2 is 1.50 bits per heavy atom. The van der Waals surface area contributed by atoms with Crippen LogP contribution in [0.3, 0.4) is 0 Å². The monoisotopic (exact) mass is 320 g/mol. The Hall–Kier alpha value is -0.643. The first-order valence-electron chi connectivity index (χ1n) is 8.60. The number of aliphatic hydroxyl groups excluding tert-OH is 1. The van der Waals surface area contributed by atoms with Gasteiger partial charge in [-0.1, -0.05) is 45.0 Å². The predicted octanol–water partition coefficient (Wildman–Crippen LogP) is 4.26. The van der Waals surface area contributed by atoms with E-state index < -0.39 is 9.76 Å². The molecule has 2 nitrogen and oxygen atoms in total. The van der Waals surface area contributed by atoms with Crippen LogP contribution in [-0.4, -0.2) is 21.0 Å². The largest absolute Gasteiger partial charge is 0.415 e. The van der Waals surface area contributed by atoms with E-state index in [1.54, 1.807) is 0 Å². The van der Waals surface area contributed by atoms with Gasteiger partial charge in [0, 0.05) is 0 Å². The average molecular weight is 321 g/mol. The molecule has 2 rings (SSSR count). The van der Waals surface area contributed by atoms with Gasteiger partial charge in [0.2, 0.25) is 0 Å². The van der Waals surface area contributed by atoms with Gasteiger partial charge in [-0.2, -0.15) is 0 Å². The van der Waals surface area contributed by atoms with Crippen LogP contribution in [0.1, 0.15) is 77.3 Å². The zero-order chi connectivity index (χ0) is 16.4. The average Bonchev–Trinajstić information content (AvgIpc) is 2.46. The van der Waals surface area contributed by atoms with E-state index in [1.807, 2.05) is 0 Å². The SMILES string of the molecule is CC(C)(C)[SiH2]OC(C)(C)c1ccc([C@H]2CC[C@@H](O)CC2)cc1. The van der Waals surface area contributed by atoms with Crippen molar-refractivity contribution in [3.8, 4) is 0 Å². The highest BCUT2D eigenvalue weighted by molar-refractivity contribution is 6.31. The molecule has 0 radical (unpaired) electrons. The van der Waals surface area contributed by atoms with Gasteiger partial charge in [0.15, 0.2) is 9.76 Å². The third-order valence-electron chi connectivity index (χ3n) is 4.64. The molecule has 1 aliphatic carbocycles. The van der Waals surface area contributed by atoms with Gasteiger partial charge in [0.05, 0.1) is 11.7 Å². The number of hydrogen-bond donors (Lipinski definition) is 1. The third kappa shape index (κ3) is 4.93. The minimum Gasteiger partial charge on any atom is -0.415 e. The van der Waals surface area contributed by atoms with Gasteiger partial charge >= 0.3 is 0 Å². The summed E-state index contributed by atoms with van der Waals surface area (Å²) < 4.78 is 6.29. The van der Waals surface area contributed by atoms with Crippen molar-refractivity contribution >= 4 is 9.76 Å². The first-order valence-corrected chi connectivity index (χ1v) is 9.88. The van der Waals surface area contributed by atoms with E-state index in [1.165, 1.54) is 11.1 Å². The Labute approximate surface area is 138 Å². The quantitative estimate of drug-likeness (QED) is 0.840. The van der Waals surface area contributed by atoms with Crippen LogP contribution in [0.15, 0.2) is 24.3 Å². The lowest BCUT2D eigenvalue weighted by atomic mass is 9.82. The summed E-state index contributed by atoms with van der Waals surface area (Å²) in [7, 11) is -0.561. The van der Waals surface area contributed by atoms with E-state index >= 15 is 0 Å². The maximum absolute atomic E-state index is 9.64. The Balaban J connectivity index is 2.01. The highest BCUT2D eigenvalue weighted by atomic mass is 28.2. The maximum atomic E-state index is 9.64. The minimum atomic E-state index is -0.561. The summed E-state index contributed by atoms with van der Waals surface area (Å²) in [6.45, 7) is 11.1. The molecule has 0 bridgehead atoms. The van der Waals surface area contributed by atoms with Crippen molar-refractivity contribution < 1.29 is 9.53 Å². The van der Waals surface area contributed by atoms with Crippen LogP contribution in [0, 0.1) is 0 Å². The van der Waals surface area contributed by atoms with Crippen LogP contribution in [0.4, 0.5) is 0 Å². The van der Waals surface area contributed by atoms with Crippen molar-refractivity contribution in [1.29, 1.82) is 0 Å². The van der Waals surface area contributed by atoms with E-state index in [0.717, 1.165) is 25.7 Å². The molecular formula is C19H32O2Si. The second-order valence-electron chi connectivity index (χ2n) is 8.49. The predicted molar refractivity (Wildman–Crippen MR) is 96.0 cm³/mol.